The maximum Gasteiger partial charge on any atom is 0.142 e. The van der Waals surface area contributed by atoms with Gasteiger partial charge in [-0.05, 0) is 28.9 Å². The van der Waals surface area contributed by atoms with E-state index in [9.17, 15) is 4.39 Å². The van der Waals surface area contributed by atoms with Crippen molar-refractivity contribution in [2.75, 3.05) is 11.5 Å². The Morgan fingerprint density at radius 3 is 2.73 bits per heavy atom. The van der Waals surface area contributed by atoms with E-state index in [1.807, 2.05) is 0 Å². The Kier molecular flexibility index (Phi) is 2.26. The highest BCUT2D eigenvalue weighted by atomic mass is 79.9. The van der Waals surface area contributed by atoms with Gasteiger partial charge in [0.15, 0.2) is 0 Å². The standard InChI is InChI=1S/C10H9BrFN3/c1-4-8(12)6(11)2-5-9(14)7(13)3-15-10(4)5/h2-3H,13H2,1H3,(H2,14,15). The van der Waals surface area contributed by atoms with Gasteiger partial charge in [0, 0.05) is 10.9 Å². The molecule has 15 heavy (non-hydrogen) atoms. The average molecular weight is 270 g/mol. The molecule has 1 aromatic carbocycles. The number of benzene rings is 1. The number of anilines is 2. The summed E-state index contributed by atoms with van der Waals surface area (Å²) in [5, 5.41) is 0.667. The summed E-state index contributed by atoms with van der Waals surface area (Å²) in [6.07, 6.45) is 1.44. The topological polar surface area (TPSA) is 64.9 Å². The first-order chi connectivity index (χ1) is 7.02. The van der Waals surface area contributed by atoms with Crippen molar-refractivity contribution in [3.63, 3.8) is 0 Å². The van der Waals surface area contributed by atoms with Crippen LogP contribution in [0.5, 0.6) is 0 Å². The van der Waals surface area contributed by atoms with E-state index in [4.69, 9.17) is 11.5 Å². The Balaban J connectivity index is 2.98. The largest absolute Gasteiger partial charge is 0.396 e. The molecule has 0 radical (unpaired) electrons. The number of nitrogen functional groups attached to an aromatic ring is 2. The summed E-state index contributed by atoms with van der Waals surface area (Å²) in [5.41, 5.74) is 13.3. The zero-order valence-electron chi connectivity index (χ0n) is 8.01. The van der Waals surface area contributed by atoms with Gasteiger partial charge in [-0.3, -0.25) is 4.98 Å². The number of nitrogens with zero attached hydrogens (tertiary/aromatic N) is 1. The number of hydrogen-bond donors (Lipinski definition) is 2. The van der Waals surface area contributed by atoms with E-state index in [-0.39, 0.29) is 5.82 Å². The summed E-state index contributed by atoms with van der Waals surface area (Å²) in [7, 11) is 0. The van der Waals surface area contributed by atoms with Crippen LogP contribution < -0.4 is 11.5 Å². The Morgan fingerprint density at radius 1 is 1.40 bits per heavy atom. The molecule has 0 aliphatic carbocycles. The molecule has 3 nitrogen and oxygen atoms in total. The van der Waals surface area contributed by atoms with E-state index < -0.39 is 0 Å². The minimum Gasteiger partial charge on any atom is -0.396 e. The second-order valence-corrected chi connectivity index (χ2v) is 4.18. The third kappa shape index (κ3) is 1.43. The quantitative estimate of drug-likeness (QED) is 0.773. The van der Waals surface area contributed by atoms with Crippen molar-refractivity contribution in [3.8, 4) is 0 Å². The normalized spacial score (nSPS) is 10.9. The second-order valence-electron chi connectivity index (χ2n) is 3.32. The zero-order valence-corrected chi connectivity index (χ0v) is 9.60. The summed E-state index contributed by atoms with van der Waals surface area (Å²) in [6, 6.07) is 1.59. The van der Waals surface area contributed by atoms with Gasteiger partial charge in [0.05, 0.1) is 27.6 Å². The first-order valence-corrected chi connectivity index (χ1v) is 5.10. The molecule has 1 aromatic heterocycles. The molecule has 5 heteroatoms. The highest BCUT2D eigenvalue weighted by Gasteiger charge is 2.12. The van der Waals surface area contributed by atoms with E-state index in [0.717, 1.165) is 0 Å². The fourth-order valence-corrected chi connectivity index (χ4v) is 2.00. The average Bonchev–Trinajstić information content (AvgIpc) is 2.21. The molecule has 1 heterocycles. The Bertz CT molecular complexity index is 554. The molecule has 0 atom stereocenters. The van der Waals surface area contributed by atoms with Crippen LogP contribution in [-0.2, 0) is 0 Å². The molecule has 2 rings (SSSR count). The molecule has 0 spiro atoms. The van der Waals surface area contributed by atoms with Crippen molar-refractivity contribution < 1.29 is 4.39 Å². The molecule has 0 aliphatic rings. The predicted octanol–water partition coefficient (Wildman–Crippen LogP) is 2.61. The molecule has 4 N–H and O–H groups in total. The molecule has 0 bridgehead atoms. The van der Waals surface area contributed by atoms with Gasteiger partial charge in [-0.1, -0.05) is 0 Å². The van der Waals surface area contributed by atoms with E-state index in [0.29, 0.717) is 32.3 Å². The summed E-state index contributed by atoms with van der Waals surface area (Å²) >= 11 is 3.13. The second kappa shape index (κ2) is 3.34. The van der Waals surface area contributed by atoms with Gasteiger partial charge in [0.1, 0.15) is 5.82 Å². The molecular formula is C10H9BrFN3. The lowest BCUT2D eigenvalue weighted by atomic mass is 10.1. The maximum absolute atomic E-state index is 13.5. The van der Waals surface area contributed by atoms with Crippen LogP contribution in [0, 0.1) is 12.7 Å². The van der Waals surface area contributed by atoms with Crippen molar-refractivity contribution in [2.45, 2.75) is 6.92 Å². The van der Waals surface area contributed by atoms with Crippen molar-refractivity contribution in [2.24, 2.45) is 0 Å². The van der Waals surface area contributed by atoms with E-state index >= 15 is 0 Å². The Labute approximate surface area is 94.4 Å². The fourth-order valence-electron chi connectivity index (χ4n) is 1.47. The van der Waals surface area contributed by atoms with Gasteiger partial charge >= 0.3 is 0 Å². The van der Waals surface area contributed by atoms with E-state index in [1.165, 1.54) is 6.20 Å². The number of fused-ring (bicyclic) bond motifs is 1. The van der Waals surface area contributed by atoms with Gasteiger partial charge in [-0.15, -0.1) is 0 Å². The third-order valence-electron chi connectivity index (χ3n) is 2.35. The van der Waals surface area contributed by atoms with Crippen LogP contribution in [0.1, 0.15) is 5.56 Å². The minimum absolute atomic E-state index is 0.320. The van der Waals surface area contributed by atoms with Crippen LogP contribution in [0.4, 0.5) is 15.8 Å². The number of aryl methyl sites for hydroxylation is 1. The smallest absolute Gasteiger partial charge is 0.142 e. The number of aromatic nitrogens is 1. The van der Waals surface area contributed by atoms with Crippen LogP contribution >= 0.6 is 15.9 Å². The molecule has 0 aliphatic heterocycles. The monoisotopic (exact) mass is 269 g/mol. The number of nitrogens with two attached hydrogens (primary N) is 2. The van der Waals surface area contributed by atoms with Crippen LogP contribution in [0.2, 0.25) is 0 Å². The zero-order chi connectivity index (χ0) is 11.2. The lowest BCUT2D eigenvalue weighted by molar-refractivity contribution is 0.614. The van der Waals surface area contributed by atoms with Crippen LogP contribution in [0.25, 0.3) is 10.9 Å². The van der Waals surface area contributed by atoms with Crippen LogP contribution in [0.15, 0.2) is 16.7 Å². The van der Waals surface area contributed by atoms with Crippen LogP contribution in [0.3, 0.4) is 0 Å². The summed E-state index contributed by atoms with van der Waals surface area (Å²) in [4.78, 5) is 4.08. The molecule has 0 amide bonds. The van der Waals surface area contributed by atoms with Crippen molar-refractivity contribution in [1.82, 2.24) is 4.98 Å². The first kappa shape index (κ1) is 10.2. The molecule has 2 aromatic rings. The SMILES string of the molecule is Cc1c(F)c(Br)cc2c(N)c(N)cnc12. The minimum atomic E-state index is -0.320. The predicted molar refractivity (Wildman–Crippen MR) is 63.0 cm³/mol. The van der Waals surface area contributed by atoms with Gasteiger partial charge in [-0.2, -0.15) is 0 Å². The van der Waals surface area contributed by atoms with Gasteiger partial charge in [-0.25, -0.2) is 4.39 Å². The van der Waals surface area contributed by atoms with E-state index in [1.54, 1.807) is 13.0 Å². The molecule has 0 unspecified atom stereocenters. The summed E-state index contributed by atoms with van der Waals surface area (Å²) in [5.74, 6) is -0.320. The fraction of sp³-hybridized carbons (Fsp3) is 0.100. The van der Waals surface area contributed by atoms with Crippen LogP contribution in [-0.4, -0.2) is 4.98 Å². The highest BCUT2D eigenvalue weighted by molar-refractivity contribution is 9.10. The number of pyridine rings is 1. The van der Waals surface area contributed by atoms with Gasteiger partial charge in [0.25, 0.3) is 0 Å². The number of hydrogen-bond acceptors (Lipinski definition) is 3. The van der Waals surface area contributed by atoms with Gasteiger partial charge < -0.3 is 11.5 Å². The molecule has 78 valence electrons. The molecule has 0 saturated carbocycles. The number of halogens is 2. The molecular weight excluding hydrogens is 261 g/mol. The highest BCUT2D eigenvalue weighted by Crippen LogP contribution is 2.32. The van der Waals surface area contributed by atoms with Crippen molar-refractivity contribution in [3.05, 3.63) is 28.1 Å². The molecule has 0 fully saturated rings. The van der Waals surface area contributed by atoms with Gasteiger partial charge in [0.2, 0.25) is 0 Å². The third-order valence-corrected chi connectivity index (χ3v) is 2.93. The number of rotatable bonds is 0. The summed E-state index contributed by atoms with van der Waals surface area (Å²) < 4.78 is 13.9. The van der Waals surface area contributed by atoms with Crippen molar-refractivity contribution >= 4 is 38.2 Å². The molecule has 0 saturated heterocycles. The Morgan fingerprint density at radius 2 is 2.07 bits per heavy atom. The lowest BCUT2D eigenvalue weighted by Gasteiger charge is -2.08. The van der Waals surface area contributed by atoms with E-state index in [2.05, 4.69) is 20.9 Å². The first-order valence-electron chi connectivity index (χ1n) is 4.30. The lowest BCUT2D eigenvalue weighted by Crippen LogP contribution is -1.99. The summed E-state index contributed by atoms with van der Waals surface area (Å²) in [6.45, 7) is 1.66. The van der Waals surface area contributed by atoms with Crippen molar-refractivity contribution in [1.29, 1.82) is 0 Å². The maximum atomic E-state index is 13.5. The Hall–Kier alpha value is -1.36.